The van der Waals surface area contributed by atoms with Crippen molar-refractivity contribution in [1.29, 1.82) is 0 Å². The quantitative estimate of drug-likeness (QED) is 0.136. The SMILES string of the molecule is C[C@@H]1C(=O)O[C@H]2[C@H](O)C34C5OC(=O)[C@@]3(OC(O)C4([C@@H](O)C(=O)O)[C@H](C(C)(C)C)[C@H]5OS(=O)(=O)C(F)(F)F)[C@@]12O. The largest absolute Gasteiger partial charge is 0.523 e. The van der Waals surface area contributed by atoms with Crippen LogP contribution < -0.4 is 0 Å². The topological polar surface area (TPSA) is 223 Å². The molecule has 5 aliphatic rings. The third-order valence-corrected chi connectivity index (χ3v) is 10.3. The van der Waals surface area contributed by atoms with Crippen molar-refractivity contribution in [3.8, 4) is 0 Å². The number of carbonyl (C=O) groups is 3. The summed E-state index contributed by atoms with van der Waals surface area (Å²) >= 11 is 0. The maximum atomic E-state index is 13.6. The van der Waals surface area contributed by atoms with Crippen molar-refractivity contribution in [2.24, 2.45) is 28.1 Å². The van der Waals surface area contributed by atoms with Gasteiger partial charge in [0.1, 0.15) is 18.3 Å². The summed E-state index contributed by atoms with van der Waals surface area (Å²) in [5.74, 6) is -8.67. The average molecular weight is 590 g/mol. The lowest BCUT2D eigenvalue weighted by molar-refractivity contribution is -0.256. The summed E-state index contributed by atoms with van der Waals surface area (Å²) in [6.07, 6.45) is -15.0. The Bertz CT molecular complexity index is 1280. The van der Waals surface area contributed by atoms with E-state index >= 15 is 0 Å². The number of carboxylic acid groups (broad SMARTS) is 1. The van der Waals surface area contributed by atoms with Crippen LogP contribution in [0.15, 0.2) is 0 Å². The number of rotatable bonds is 4. The number of alkyl halides is 3. The standard InChI is InChI=1S/C21H25F3O14S/c1-5-13(29)35-11-8(25)18-10-6(38-39(33,34)21(22,23)24)7(16(2,3)4)17(18,9(26)12(27)28)14(30)37-20(18,15(31)36-10)19(5,11)32/h5-11,14,25-26,30,32H,1-4H3,(H,27,28)/t5-,6-,7+,8+,9+,10?,11+,14?,17?,18?,19-,20+/m1/s1. The Labute approximate surface area is 217 Å². The molecule has 3 aliphatic heterocycles. The van der Waals surface area contributed by atoms with Gasteiger partial charge in [0.2, 0.25) is 5.60 Å². The van der Waals surface area contributed by atoms with Crippen molar-refractivity contribution in [2.75, 3.05) is 0 Å². The lowest BCUT2D eigenvalue weighted by Gasteiger charge is -2.50. The normalized spacial score (nSPS) is 49.4. The van der Waals surface area contributed by atoms with Crippen LogP contribution in [0.4, 0.5) is 13.2 Å². The van der Waals surface area contributed by atoms with Gasteiger partial charge >= 0.3 is 33.5 Å². The molecule has 5 rings (SSSR count). The van der Waals surface area contributed by atoms with Gasteiger partial charge in [-0.15, -0.1) is 0 Å². The van der Waals surface area contributed by atoms with Gasteiger partial charge in [-0.1, -0.05) is 20.8 Å². The van der Waals surface area contributed by atoms with Crippen LogP contribution in [0.5, 0.6) is 0 Å². The van der Waals surface area contributed by atoms with Gasteiger partial charge in [0.25, 0.3) is 0 Å². The summed E-state index contributed by atoms with van der Waals surface area (Å²) in [6, 6.07) is 0. The molecule has 0 aromatic heterocycles. The van der Waals surface area contributed by atoms with Crippen LogP contribution in [0.25, 0.3) is 0 Å². The molecule has 0 bridgehead atoms. The average Bonchev–Trinajstić information content (AvgIpc) is 3.41. The Morgan fingerprint density at radius 3 is 2.15 bits per heavy atom. The first-order valence-electron chi connectivity index (χ1n) is 11.6. The van der Waals surface area contributed by atoms with E-state index in [1.807, 2.05) is 0 Å². The van der Waals surface area contributed by atoms with Crippen LogP contribution in [0.3, 0.4) is 0 Å². The van der Waals surface area contributed by atoms with Gasteiger partial charge in [-0.05, 0) is 12.3 Å². The van der Waals surface area contributed by atoms with Crippen LogP contribution in [0.2, 0.25) is 0 Å². The number of esters is 2. The molecule has 0 aromatic carbocycles. The lowest BCUT2D eigenvalue weighted by Crippen LogP contribution is -2.67. The monoisotopic (exact) mass is 590 g/mol. The molecule has 4 unspecified atom stereocenters. The molecular formula is C21H25F3O14S. The summed E-state index contributed by atoms with van der Waals surface area (Å²) in [4.78, 5) is 38.4. The first-order chi connectivity index (χ1) is 17.5. The Balaban J connectivity index is 1.92. The summed E-state index contributed by atoms with van der Waals surface area (Å²) in [5.41, 5.74) is -19.5. The van der Waals surface area contributed by atoms with E-state index in [2.05, 4.69) is 4.18 Å². The number of aliphatic hydroxyl groups excluding tert-OH is 3. The van der Waals surface area contributed by atoms with E-state index in [0.29, 0.717) is 0 Å². The molecule has 0 radical (unpaired) electrons. The van der Waals surface area contributed by atoms with Gasteiger partial charge < -0.3 is 39.7 Å². The highest BCUT2D eigenvalue weighted by molar-refractivity contribution is 7.87. The molecule has 39 heavy (non-hydrogen) atoms. The Hall–Kier alpha value is -2.09. The van der Waals surface area contributed by atoms with Crippen molar-refractivity contribution in [2.45, 2.75) is 81.2 Å². The highest BCUT2D eigenvalue weighted by Crippen LogP contribution is 2.83. The summed E-state index contributed by atoms with van der Waals surface area (Å²) in [5, 5.41) is 56.1. The molecule has 2 aliphatic carbocycles. The minimum atomic E-state index is -6.52. The van der Waals surface area contributed by atoms with Crippen molar-refractivity contribution in [3.63, 3.8) is 0 Å². The number of carbonyl (C=O) groups excluding carboxylic acids is 2. The van der Waals surface area contributed by atoms with Gasteiger partial charge in [0, 0.05) is 5.92 Å². The molecule has 5 N–H and O–H groups in total. The van der Waals surface area contributed by atoms with Gasteiger partial charge in [-0.3, -0.25) is 8.98 Å². The van der Waals surface area contributed by atoms with Crippen LogP contribution in [-0.4, -0.2) is 105 Å². The predicted octanol–water partition coefficient (Wildman–Crippen LogP) is -2.00. The van der Waals surface area contributed by atoms with E-state index in [9.17, 15) is 61.5 Å². The van der Waals surface area contributed by atoms with Crippen molar-refractivity contribution in [3.05, 3.63) is 0 Å². The fraction of sp³-hybridized carbons (Fsp3) is 0.857. The molecule has 1 spiro atoms. The maximum Gasteiger partial charge on any atom is 0.523 e. The Morgan fingerprint density at radius 1 is 1.10 bits per heavy atom. The van der Waals surface area contributed by atoms with Crippen LogP contribution in [-0.2, 0) is 42.9 Å². The summed E-state index contributed by atoms with van der Waals surface area (Å²) in [7, 11) is -6.52. The highest BCUT2D eigenvalue weighted by atomic mass is 32.2. The smallest absolute Gasteiger partial charge is 0.479 e. The third-order valence-electron chi connectivity index (χ3n) is 9.26. The molecule has 18 heteroatoms. The minimum Gasteiger partial charge on any atom is -0.479 e. The van der Waals surface area contributed by atoms with E-state index in [1.54, 1.807) is 0 Å². The molecule has 3 heterocycles. The van der Waals surface area contributed by atoms with E-state index in [-0.39, 0.29) is 0 Å². The summed E-state index contributed by atoms with van der Waals surface area (Å²) < 4.78 is 85.4. The van der Waals surface area contributed by atoms with Gasteiger partial charge in [0.15, 0.2) is 24.1 Å². The van der Waals surface area contributed by atoms with Crippen molar-refractivity contribution in [1.82, 2.24) is 0 Å². The number of hydrogen-bond acceptors (Lipinski definition) is 13. The van der Waals surface area contributed by atoms with Crippen LogP contribution >= 0.6 is 0 Å². The molecule has 5 fully saturated rings. The van der Waals surface area contributed by atoms with Crippen LogP contribution in [0, 0.1) is 28.1 Å². The molecular weight excluding hydrogens is 565 g/mol. The molecule has 0 amide bonds. The molecule has 12 atom stereocenters. The number of halogens is 3. The summed E-state index contributed by atoms with van der Waals surface area (Å²) in [6.45, 7) is 4.87. The third kappa shape index (κ3) is 2.60. The molecule has 0 aromatic rings. The van der Waals surface area contributed by atoms with E-state index in [0.717, 1.165) is 6.92 Å². The number of fused-ring (bicyclic) bond motifs is 1. The second kappa shape index (κ2) is 7.40. The minimum absolute atomic E-state index is 1.05. The first-order valence-corrected chi connectivity index (χ1v) is 13.0. The molecule has 3 saturated heterocycles. The Morgan fingerprint density at radius 2 is 1.67 bits per heavy atom. The van der Waals surface area contributed by atoms with E-state index in [4.69, 9.17) is 14.2 Å². The fourth-order valence-electron chi connectivity index (χ4n) is 8.28. The zero-order valence-corrected chi connectivity index (χ0v) is 21.4. The van der Waals surface area contributed by atoms with Crippen molar-refractivity contribution >= 4 is 28.0 Å². The number of ether oxygens (including phenoxy) is 3. The molecule has 220 valence electrons. The lowest BCUT2D eigenvalue weighted by atomic mass is 9.50. The van der Waals surface area contributed by atoms with E-state index in [1.165, 1.54) is 20.8 Å². The molecule has 2 saturated carbocycles. The zero-order valence-electron chi connectivity index (χ0n) is 20.6. The number of aliphatic hydroxyl groups is 4. The maximum absolute atomic E-state index is 13.6. The van der Waals surface area contributed by atoms with Gasteiger partial charge in [0.05, 0.1) is 16.7 Å². The Kier molecular flexibility index (Phi) is 5.40. The second-order valence-corrected chi connectivity index (χ2v) is 13.2. The van der Waals surface area contributed by atoms with Gasteiger partial charge in [-0.25, -0.2) is 9.59 Å². The first kappa shape index (κ1) is 28.4. The van der Waals surface area contributed by atoms with Crippen molar-refractivity contribution < 1.29 is 79.9 Å². The number of aliphatic carboxylic acids is 1. The molecule has 14 nitrogen and oxygen atoms in total. The number of carboxylic acids is 1. The number of hydrogen-bond donors (Lipinski definition) is 5. The van der Waals surface area contributed by atoms with E-state index < -0.39 is 110 Å². The van der Waals surface area contributed by atoms with Gasteiger partial charge in [-0.2, -0.15) is 21.6 Å². The predicted molar refractivity (Wildman–Crippen MR) is 111 cm³/mol. The highest BCUT2D eigenvalue weighted by Gasteiger charge is 3.04. The zero-order chi connectivity index (χ0) is 29.7. The van der Waals surface area contributed by atoms with Crippen LogP contribution in [0.1, 0.15) is 27.7 Å². The fourth-order valence-corrected chi connectivity index (χ4v) is 8.89. The second-order valence-electron chi connectivity index (χ2n) is 11.7.